The molecule has 1 aromatic heterocycles. The normalized spacial score (nSPS) is 10.3. The first kappa shape index (κ1) is 8.23. The molecule has 1 N–H and O–H groups in total. The second-order valence-electron chi connectivity index (χ2n) is 2.10. The fourth-order valence-electron chi connectivity index (χ4n) is 0.767. The van der Waals surface area contributed by atoms with Crippen LogP contribution in [0.1, 0.15) is 6.92 Å². The van der Waals surface area contributed by atoms with Crippen LogP contribution in [0.3, 0.4) is 0 Å². The first-order chi connectivity index (χ1) is 5.43. The van der Waals surface area contributed by atoms with Crippen LogP contribution < -0.4 is 5.48 Å². The molecule has 1 aromatic rings. The zero-order chi connectivity index (χ0) is 7.94. The summed E-state index contributed by atoms with van der Waals surface area (Å²) < 4.78 is 1.85. The van der Waals surface area contributed by atoms with Crippen molar-refractivity contribution in [1.82, 2.24) is 15.3 Å². The minimum atomic E-state index is 0.694. The molecule has 0 saturated heterocycles. The Hall–Kier alpha value is -0.870. The molecule has 0 unspecified atom stereocenters. The Balaban J connectivity index is 2.04. The lowest BCUT2D eigenvalue weighted by Crippen LogP contribution is -2.20. The third kappa shape index (κ3) is 3.15. The Morgan fingerprint density at radius 1 is 1.64 bits per heavy atom. The van der Waals surface area contributed by atoms with Crippen molar-refractivity contribution in [1.29, 1.82) is 0 Å². The third-order valence-electron chi connectivity index (χ3n) is 1.25. The van der Waals surface area contributed by atoms with E-state index in [4.69, 9.17) is 4.84 Å². The van der Waals surface area contributed by atoms with Gasteiger partial charge in [-0.25, -0.2) is 5.48 Å². The molecule has 0 aromatic carbocycles. The molecule has 0 aliphatic carbocycles. The predicted octanol–water partition coefficient (Wildman–Crippen LogP) is 0.424. The monoisotopic (exact) mass is 155 g/mol. The van der Waals surface area contributed by atoms with Crippen molar-refractivity contribution < 1.29 is 4.84 Å². The van der Waals surface area contributed by atoms with E-state index in [2.05, 4.69) is 10.6 Å². The molecule has 62 valence electrons. The van der Waals surface area contributed by atoms with Crippen LogP contribution in [0.15, 0.2) is 18.5 Å². The Morgan fingerprint density at radius 3 is 3.18 bits per heavy atom. The van der Waals surface area contributed by atoms with E-state index in [1.165, 1.54) is 0 Å². The van der Waals surface area contributed by atoms with Crippen molar-refractivity contribution in [3.8, 4) is 0 Å². The number of nitrogens with zero attached hydrogens (tertiary/aromatic N) is 2. The van der Waals surface area contributed by atoms with Gasteiger partial charge < -0.3 is 4.84 Å². The number of aromatic nitrogens is 2. The van der Waals surface area contributed by atoms with Crippen LogP contribution in [-0.2, 0) is 11.4 Å². The largest absolute Gasteiger partial charge is 0.302 e. The molecule has 0 spiro atoms. The van der Waals surface area contributed by atoms with Gasteiger partial charge in [0.25, 0.3) is 0 Å². The molecule has 0 saturated carbocycles. The van der Waals surface area contributed by atoms with Gasteiger partial charge in [0.1, 0.15) is 0 Å². The molecular weight excluding hydrogens is 142 g/mol. The molecule has 4 heteroatoms. The van der Waals surface area contributed by atoms with Gasteiger partial charge in [0.05, 0.1) is 13.2 Å². The van der Waals surface area contributed by atoms with Crippen LogP contribution in [0.2, 0.25) is 0 Å². The van der Waals surface area contributed by atoms with E-state index in [0.717, 1.165) is 13.1 Å². The standard InChI is InChI=1S/C7H13N3O/c1-2-11-9-5-7-10-6-3-4-8-10/h3-4,6,9H,2,5,7H2,1H3. The van der Waals surface area contributed by atoms with Crippen molar-refractivity contribution >= 4 is 0 Å². The second-order valence-corrected chi connectivity index (χ2v) is 2.10. The number of nitrogens with one attached hydrogen (secondary N) is 1. The van der Waals surface area contributed by atoms with Crippen molar-refractivity contribution in [2.45, 2.75) is 13.5 Å². The summed E-state index contributed by atoms with van der Waals surface area (Å²) in [5.74, 6) is 0. The van der Waals surface area contributed by atoms with Gasteiger partial charge in [-0.3, -0.25) is 4.68 Å². The van der Waals surface area contributed by atoms with Gasteiger partial charge in [0.15, 0.2) is 0 Å². The Labute approximate surface area is 66.1 Å². The van der Waals surface area contributed by atoms with Gasteiger partial charge in [-0.2, -0.15) is 5.10 Å². The summed E-state index contributed by atoms with van der Waals surface area (Å²) in [6.07, 6.45) is 3.69. The van der Waals surface area contributed by atoms with Crippen LogP contribution in [-0.4, -0.2) is 22.9 Å². The van der Waals surface area contributed by atoms with E-state index in [9.17, 15) is 0 Å². The van der Waals surface area contributed by atoms with E-state index < -0.39 is 0 Å². The first-order valence-corrected chi connectivity index (χ1v) is 3.75. The Kier molecular flexibility index (Phi) is 3.64. The summed E-state index contributed by atoms with van der Waals surface area (Å²) in [5, 5.41) is 4.03. The molecule has 0 fully saturated rings. The molecule has 1 heterocycles. The lowest BCUT2D eigenvalue weighted by molar-refractivity contribution is 0.0485. The molecule has 0 radical (unpaired) electrons. The van der Waals surface area contributed by atoms with Gasteiger partial charge >= 0.3 is 0 Å². The minimum Gasteiger partial charge on any atom is -0.302 e. The van der Waals surface area contributed by atoms with E-state index in [0.29, 0.717) is 6.61 Å². The highest BCUT2D eigenvalue weighted by atomic mass is 16.6. The van der Waals surface area contributed by atoms with E-state index in [1.807, 2.05) is 23.9 Å². The van der Waals surface area contributed by atoms with Crippen LogP contribution >= 0.6 is 0 Å². The second kappa shape index (κ2) is 4.87. The van der Waals surface area contributed by atoms with Crippen molar-refractivity contribution in [3.63, 3.8) is 0 Å². The summed E-state index contributed by atoms with van der Waals surface area (Å²) in [6, 6.07) is 1.90. The molecule has 0 amide bonds. The Bertz CT molecular complexity index is 174. The highest BCUT2D eigenvalue weighted by Gasteiger charge is 1.88. The maximum absolute atomic E-state index is 4.94. The number of hydrogen-bond acceptors (Lipinski definition) is 3. The first-order valence-electron chi connectivity index (χ1n) is 3.75. The van der Waals surface area contributed by atoms with Crippen LogP contribution in [0, 0.1) is 0 Å². The van der Waals surface area contributed by atoms with Gasteiger partial charge in [-0.05, 0) is 13.0 Å². The molecule has 0 bridgehead atoms. The van der Waals surface area contributed by atoms with Crippen molar-refractivity contribution in [2.24, 2.45) is 0 Å². The Morgan fingerprint density at radius 2 is 2.55 bits per heavy atom. The average molecular weight is 155 g/mol. The fraction of sp³-hybridized carbons (Fsp3) is 0.571. The fourth-order valence-corrected chi connectivity index (χ4v) is 0.767. The van der Waals surface area contributed by atoms with Gasteiger partial charge in [0.2, 0.25) is 0 Å². The summed E-state index contributed by atoms with van der Waals surface area (Å²) in [5.41, 5.74) is 2.81. The third-order valence-corrected chi connectivity index (χ3v) is 1.25. The topological polar surface area (TPSA) is 39.1 Å². The molecule has 0 atom stereocenters. The molecular formula is C7H13N3O. The number of hydrogen-bond donors (Lipinski definition) is 1. The quantitative estimate of drug-likeness (QED) is 0.495. The number of rotatable bonds is 5. The van der Waals surface area contributed by atoms with Crippen molar-refractivity contribution in [3.05, 3.63) is 18.5 Å². The smallest absolute Gasteiger partial charge is 0.0653 e. The molecule has 4 nitrogen and oxygen atoms in total. The van der Waals surface area contributed by atoms with Crippen LogP contribution in [0.5, 0.6) is 0 Å². The lowest BCUT2D eigenvalue weighted by atomic mass is 10.6. The summed E-state index contributed by atoms with van der Waals surface area (Å²) in [6.45, 7) is 4.27. The maximum atomic E-state index is 4.94. The number of hydroxylamine groups is 1. The minimum absolute atomic E-state index is 0.694. The SMILES string of the molecule is CCONCCn1cccn1. The molecule has 1 rings (SSSR count). The van der Waals surface area contributed by atoms with Crippen molar-refractivity contribution in [2.75, 3.05) is 13.2 Å². The van der Waals surface area contributed by atoms with E-state index >= 15 is 0 Å². The molecule has 0 aliphatic rings. The zero-order valence-electron chi connectivity index (χ0n) is 6.66. The summed E-state index contributed by atoms with van der Waals surface area (Å²) in [4.78, 5) is 4.94. The molecule has 11 heavy (non-hydrogen) atoms. The zero-order valence-corrected chi connectivity index (χ0v) is 6.66. The van der Waals surface area contributed by atoms with E-state index in [-0.39, 0.29) is 0 Å². The highest BCUT2D eigenvalue weighted by molar-refractivity contribution is 4.77. The van der Waals surface area contributed by atoms with Gasteiger partial charge in [-0.15, -0.1) is 0 Å². The van der Waals surface area contributed by atoms with Crippen LogP contribution in [0.4, 0.5) is 0 Å². The maximum Gasteiger partial charge on any atom is 0.0653 e. The lowest BCUT2D eigenvalue weighted by Gasteiger charge is -2.02. The summed E-state index contributed by atoms with van der Waals surface area (Å²) >= 11 is 0. The van der Waals surface area contributed by atoms with Gasteiger partial charge in [-0.1, -0.05) is 0 Å². The van der Waals surface area contributed by atoms with E-state index in [1.54, 1.807) is 6.20 Å². The average Bonchev–Trinajstić information content (AvgIpc) is 2.50. The van der Waals surface area contributed by atoms with Gasteiger partial charge in [0, 0.05) is 18.9 Å². The molecule has 0 aliphatic heterocycles. The summed E-state index contributed by atoms with van der Waals surface area (Å²) in [7, 11) is 0. The van der Waals surface area contributed by atoms with Crippen LogP contribution in [0.25, 0.3) is 0 Å². The highest BCUT2D eigenvalue weighted by Crippen LogP contribution is 1.81. The predicted molar refractivity (Wildman–Crippen MR) is 41.9 cm³/mol.